The van der Waals surface area contributed by atoms with Crippen molar-refractivity contribution in [1.82, 2.24) is 4.90 Å². The van der Waals surface area contributed by atoms with Crippen molar-refractivity contribution in [2.75, 3.05) is 13.7 Å². The lowest BCUT2D eigenvalue weighted by atomic mass is 10.1. The number of amides is 2. The van der Waals surface area contributed by atoms with Crippen molar-refractivity contribution < 1.29 is 29.0 Å². The van der Waals surface area contributed by atoms with Crippen molar-refractivity contribution in [2.45, 2.75) is 19.9 Å². The maximum absolute atomic E-state index is 12.5. The number of imide groups is 1. The summed E-state index contributed by atoms with van der Waals surface area (Å²) in [5.41, 5.74) is 0.467. The Balaban J connectivity index is 2.32. The molecule has 1 aromatic rings. The lowest BCUT2D eigenvalue weighted by Gasteiger charge is -2.19. The third-order valence-corrected chi connectivity index (χ3v) is 4.58. The molecule has 1 aliphatic heterocycles. The third-order valence-electron chi connectivity index (χ3n) is 3.41. The summed E-state index contributed by atoms with van der Waals surface area (Å²) in [7, 11) is 1.37. The number of ether oxygens (including phenoxy) is 2. The molecule has 1 N–H and O–H groups in total. The van der Waals surface area contributed by atoms with E-state index in [0.717, 1.165) is 4.90 Å². The average Bonchev–Trinajstić information content (AvgIpc) is 2.84. The van der Waals surface area contributed by atoms with E-state index in [1.807, 2.05) is 0 Å². The van der Waals surface area contributed by atoms with E-state index >= 15 is 0 Å². The highest BCUT2D eigenvalue weighted by Gasteiger charge is 2.41. The van der Waals surface area contributed by atoms with Crippen LogP contribution in [0, 0.1) is 0 Å². The molecule has 0 radical (unpaired) electrons. The number of benzene rings is 1. The summed E-state index contributed by atoms with van der Waals surface area (Å²) in [6.45, 7) is 3.22. The summed E-state index contributed by atoms with van der Waals surface area (Å²) in [5, 5.41) is 9.22. The molecule has 1 unspecified atom stereocenters. The largest absolute Gasteiger partial charge is 0.503 e. The zero-order valence-electron chi connectivity index (χ0n) is 13.7. The molecule has 1 fully saturated rings. The number of halogens is 1. The lowest BCUT2D eigenvalue weighted by molar-refractivity contribution is -0.150. The Bertz CT molecular complexity index is 763. The molecule has 1 heterocycles. The first kappa shape index (κ1) is 19.1. The second kappa shape index (κ2) is 7.79. The average molecular weight is 386 g/mol. The number of hydrogen-bond acceptors (Lipinski definition) is 7. The first-order chi connectivity index (χ1) is 11.8. The number of hydrogen-bond donors (Lipinski definition) is 1. The summed E-state index contributed by atoms with van der Waals surface area (Å²) < 4.78 is 9.85. The maximum atomic E-state index is 12.5. The second-order valence-electron chi connectivity index (χ2n) is 5.03. The minimum Gasteiger partial charge on any atom is -0.503 e. The summed E-state index contributed by atoms with van der Waals surface area (Å²) >= 11 is 6.62. The Kier molecular flexibility index (Phi) is 5.97. The summed E-state index contributed by atoms with van der Waals surface area (Å²) in [5.74, 6) is -1.33. The molecule has 2 amide bonds. The Labute approximate surface area is 153 Å². The van der Waals surface area contributed by atoms with Crippen LogP contribution in [0.1, 0.15) is 19.4 Å². The minimum atomic E-state index is -1.02. The summed E-state index contributed by atoms with van der Waals surface area (Å²) in [6.07, 6.45) is 1.44. The van der Waals surface area contributed by atoms with Gasteiger partial charge in [0.05, 0.1) is 23.6 Å². The molecule has 1 aromatic carbocycles. The number of carbonyl (C=O) groups excluding carboxylic acids is 3. The van der Waals surface area contributed by atoms with Gasteiger partial charge < -0.3 is 14.6 Å². The number of rotatable bonds is 5. The van der Waals surface area contributed by atoms with E-state index < -0.39 is 23.2 Å². The highest BCUT2D eigenvalue weighted by molar-refractivity contribution is 8.18. The number of phenolic OH excluding ortho intramolecular Hbond substituents is 1. The van der Waals surface area contributed by atoms with Crippen molar-refractivity contribution >= 4 is 46.6 Å². The topological polar surface area (TPSA) is 93.1 Å². The van der Waals surface area contributed by atoms with Crippen LogP contribution >= 0.6 is 23.4 Å². The first-order valence-electron chi connectivity index (χ1n) is 7.30. The Hall–Kier alpha value is -2.19. The predicted octanol–water partition coefficient (Wildman–Crippen LogP) is 3.04. The lowest BCUT2D eigenvalue weighted by Crippen LogP contribution is -2.42. The molecule has 25 heavy (non-hydrogen) atoms. The zero-order valence-corrected chi connectivity index (χ0v) is 15.3. The van der Waals surface area contributed by atoms with Gasteiger partial charge in [-0.3, -0.25) is 14.5 Å². The molecule has 0 saturated carbocycles. The normalized spacial score (nSPS) is 17.1. The fourth-order valence-corrected chi connectivity index (χ4v) is 3.29. The van der Waals surface area contributed by atoms with Crippen LogP contribution < -0.4 is 4.74 Å². The number of thioether (sulfide) groups is 1. The molecule has 134 valence electrons. The maximum Gasteiger partial charge on any atom is 0.329 e. The predicted molar refractivity (Wildman–Crippen MR) is 93.6 cm³/mol. The fraction of sp³-hybridized carbons (Fsp3) is 0.312. The number of aromatic hydroxyl groups is 1. The van der Waals surface area contributed by atoms with Crippen molar-refractivity contribution in [1.29, 1.82) is 0 Å². The van der Waals surface area contributed by atoms with Crippen molar-refractivity contribution in [2.24, 2.45) is 0 Å². The van der Waals surface area contributed by atoms with Crippen LogP contribution in [0.5, 0.6) is 11.5 Å². The van der Waals surface area contributed by atoms with Crippen molar-refractivity contribution in [3.05, 3.63) is 27.6 Å². The van der Waals surface area contributed by atoms with Gasteiger partial charge in [0.15, 0.2) is 11.5 Å². The monoisotopic (exact) mass is 385 g/mol. The number of methoxy groups -OCH3 is 1. The molecule has 2 rings (SSSR count). The molecule has 0 aromatic heterocycles. The van der Waals surface area contributed by atoms with Gasteiger partial charge in [0, 0.05) is 0 Å². The van der Waals surface area contributed by atoms with Crippen LogP contribution in [0.2, 0.25) is 5.02 Å². The fourth-order valence-electron chi connectivity index (χ4n) is 2.17. The van der Waals surface area contributed by atoms with Crippen molar-refractivity contribution in [3.8, 4) is 11.5 Å². The molecule has 0 bridgehead atoms. The van der Waals surface area contributed by atoms with Crippen LogP contribution in [0.15, 0.2) is 17.0 Å². The number of phenols is 1. The Morgan fingerprint density at radius 1 is 1.44 bits per heavy atom. The molecule has 1 saturated heterocycles. The van der Waals surface area contributed by atoms with Gasteiger partial charge >= 0.3 is 5.97 Å². The smallest absolute Gasteiger partial charge is 0.329 e. The zero-order chi connectivity index (χ0) is 18.7. The number of esters is 1. The van der Waals surface area contributed by atoms with E-state index in [1.165, 1.54) is 32.2 Å². The van der Waals surface area contributed by atoms with Gasteiger partial charge in [-0.1, -0.05) is 11.6 Å². The quantitative estimate of drug-likeness (QED) is 0.615. The van der Waals surface area contributed by atoms with Gasteiger partial charge in [-0.25, -0.2) is 4.79 Å². The van der Waals surface area contributed by atoms with Crippen LogP contribution in [0.4, 0.5) is 4.79 Å². The second-order valence-corrected chi connectivity index (χ2v) is 6.43. The molecule has 1 aliphatic rings. The molecular weight excluding hydrogens is 370 g/mol. The highest BCUT2D eigenvalue weighted by atomic mass is 35.5. The Morgan fingerprint density at radius 2 is 2.12 bits per heavy atom. The molecule has 9 heteroatoms. The number of carbonyl (C=O) groups is 3. The van der Waals surface area contributed by atoms with Crippen LogP contribution in [-0.2, 0) is 14.3 Å². The SMILES string of the molecule is CCOC(=O)C(C)N1C(=O)S/C(=C/c2cc(Cl)c(O)c(OC)c2)C1=O. The first-order valence-corrected chi connectivity index (χ1v) is 8.49. The van der Waals surface area contributed by atoms with E-state index in [1.54, 1.807) is 6.92 Å². The van der Waals surface area contributed by atoms with E-state index in [4.69, 9.17) is 21.1 Å². The van der Waals surface area contributed by atoms with Gasteiger partial charge in [0.25, 0.3) is 11.1 Å². The van der Waals surface area contributed by atoms with Gasteiger partial charge in [0.1, 0.15) is 6.04 Å². The summed E-state index contributed by atoms with van der Waals surface area (Å²) in [6, 6.07) is 1.89. The molecule has 0 spiro atoms. The Morgan fingerprint density at radius 3 is 2.72 bits per heavy atom. The van der Waals surface area contributed by atoms with Gasteiger partial charge in [-0.2, -0.15) is 0 Å². The van der Waals surface area contributed by atoms with Crippen LogP contribution in [0.3, 0.4) is 0 Å². The van der Waals surface area contributed by atoms with Gasteiger partial charge in [0.2, 0.25) is 0 Å². The molecule has 1 atom stereocenters. The standard InChI is InChI=1S/C16H16ClNO6S/c1-4-24-15(21)8(2)18-14(20)12(25-16(18)22)7-9-5-10(17)13(19)11(6-9)23-3/h5-8,19H,4H2,1-3H3/b12-7+. The number of nitrogens with zero attached hydrogens (tertiary/aromatic N) is 1. The van der Waals surface area contributed by atoms with E-state index in [2.05, 4.69) is 0 Å². The minimum absolute atomic E-state index is 0.0460. The molecule has 7 nitrogen and oxygen atoms in total. The molecular formula is C16H16ClNO6S. The van der Waals surface area contributed by atoms with E-state index in [0.29, 0.717) is 17.3 Å². The van der Waals surface area contributed by atoms with E-state index in [-0.39, 0.29) is 28.0 Å². The van der Waals surface area contributed by atoms with E-state index in [9.17, 15) is 19.5 Å². The molecule has 0 aliphatic carbocycles. The highest BCUT2D eigenvalue weighted by Crippen LogP contribution is 2.38. The van der Waals surface area contributed by atoms with Gasteiger partial charge in [-0.15, -0.1) is 0 Å². The third kappa shape index (κ3) is 3.91. The summed E-state index contributed by atoms with van der Waals surface area (Å²) in [4.78, 5) is 37.4. The van der Waals surface area contributed by atoms with Crippen LogP contribution in [0.25, 0.3) is 6.08 Å². The van der Waals surface area contributed by atoms with Crippen LogP contribution in [-0.4, -0.2) is 46.9 Å². The van der Waals surface area contributed by atoms with Gasteiger partial charge in [-0.05, 0) is 49.4 Å². The van der Waals surface area contributed by atoms with Crippen molar-refractivity contribution in [3.63, 3.8) is 0 Å².